The van der Waals surface area contributed by atoms with Gasteiger partial charge in [0.15, 0.2) is 16.6 Å². The molecule has 0 saturated heterocycles. The van der Waals surface area contributed by atoms with Gasteiger partial charge in [-0.25, -0.2) is 9.78 Å². The summed E-state index contributed by atoms with van der Waals surface area (Å²) in [5.41, 5.74) is 2.66. The van der Waals surface area contributed by atoms with Crippen LogP contribution in [0.4, 0.5) is 10.8 Å². The number of nitrogens with one attached hydrogen (secondary N) is 1. The Labute approximate surface area is 141 Å². The second kappa shape index (κ2) is 5.86. The maximum Gasteiger partial charge on any atom is 0.335 e. The molecule has 6 nitrogen and oxygen atoms in total. The minimum absolute atomic E-state index is 0.229. The predicted molar refractivity (Wildman–Crippen MR) is 90.4 cm³/mol. The quantitative estimate of drug-likeness (QED) is 0.748. The summed E-state index contributed by atoms with van der Waals surface area (Å²) in [6.45, 7) is 0.239. The van der Waals surface area contributed by atoms with Crippen LogP contribution in [-0.2, 0) is 0 Å². The van der Waals surface area contributed by atoms with Gasteiger partial charge in [0, 0.05) is 16.6 Å². The van der Waals surface area contributed by atoms with Crippen LogP contribution in [0, 0.1) is 0 Å². The lowest BCUT2D eigenvalue weighted by molar-refractivity contribution is 0.0697. The van der Waals surface area contributed by atoms with E-state index in [1.165, 1.54) is 11.3 Å². The van der Waals surface area contributed by atoms with E-state index in [0.29, 0.717) is 16.6 Å². The predicted octanol–water partition coefficient (Wildman–Crippen LogP) is 3.98. The first kappa shape index (κ1) is 14.5. The van der Waals surface area contributed by atoms with Crippen LogP contribution in [0.1, 0.15) is 10.4 Å². The van der Waals surface area contributed by atoms with Gasteiger partial charge < -0.3 is 19.9 Å². The van der Waals surface area contributed by atoms with Crippen molar-refractivity contribution in [3.05, 3.63) is 53.4 Å². The first-order valence-corrected chi connectivity index (χ1v) is 8.03. The van der Waals surface area contributed by atoms with Gasteiger partial charge in [-0.1, -0.05) is 6.07 Å². The number of ether oxygens (including phenoxy) is 2. The van der Waals surface area contributed by atoms with Crippen LogP contribution < -0.4 is 14.8 Å². The van der Waals surface area contributed by atoms with Crippen LogP contribution in [0.15, 0.2) is 47.8 Å². The highest BCUT2D eigenvalue weighted by molar-refractivity contribution is 7.14. The Morgan fingerprint density at radius 3 is 2.92 bits per heavy atom. The number of carboxylic acids is 1. The van der Waals surface area contributed by atoms with Gasteiger partial charge in [0.2, 0.25) is 6.79 Å². The molecule has 1 aliphatic rings. The van der Waals surface area contributed by atoms with Gasteiger partial charge in [-0.2, -0.15) is 0 Å². The molecule has 0 bridgehead atoms. The Bertz CT molecular complexity index is 922. The van der Waals surface area contributed by atoms with Crippen LogP contribution >= 0.6 is 11.3 Å². The molecule has 0 fully saturated rings. The number of hydrogen-bond donors (Lipinski definition) is 2. The highest BCUT2D eigenvalue weighted by atomic mass is 32.1. The van der Waals surface area contributed by atoms with E-state index in [9.17, 15) is 4.79 Å². The molecule has 4 rings (SSSR count). The summed E-state index contributed by atoms with van der Waals surface area (Å²) in [6.07, 6.45) is 0. The van der Waals surface area contributed by atoms with Gasteiger partial charge in [-0.15, -0.1) is 11.3 Å². The topological polar surface area (TPSA) is 80.7 Å². The maximum atomic E-state index is 11.0. The Morgan fingerprint density at radius 1 is 1.17 bits per heavy atom. The minimum Gasteiger partial charge on any atom is -0.478 e. The highest BCUT2D eigenvalue weighted by Crippen LogP contribution is 2.36. The lowest BCUT2D eigenvalue weighted by Crippen LogP contribution is -1.97. The lowest BCUT2D eigenvalue weighted by atomic mass is 10.1. The number of thiazole rings is 1. The summed E-state index contributed by atoms with van der Waals surface area (Å²) < 4.78 is 10.7. The second-order valence-electron chi connectivity index (χ2n) is 5.12. The van der Waals surface area contributed by atoms with Gasteiger partial charge in [0.05, 0.1) is 11.3 Å². The fourth-order valence-electron chi connectivity index (χ4n) is 2.37. The minimum atomic E-state index is -0.959. The van der Waals surface area contributed by atoms with Crippen molar-refractivity contribution in [2.24, 2.45) is 0 Å². The van der Waals surface area contributed by atoms with Crippen LogP contribution in [0.2, 0.25) is 0 Å². The first-order chi connectivity index (χ1) is 11.7. The van der Waals surface area contributed by atoms with E-state index in [-0.39, 0.29) is 12.4 Å². The molecule has 0 spiro atoms. The van der Waals surface area contributed by atoms with Crippen molar-refractivity contribution in [1.82, 2.24) is 4.98 Å². The number of aromatic nitrogens is 1. The van der Waals surface area contributed by atoms with E-state index in [1.807, 2.05) is 23.6 Å². The van der Waals surface area contributed by atoms with Crippen molar-refractivity contribution in [2.75, 3.05) is 12.1 Å². The number of carbonyl (C=O) groups is 1. The smallest absolute Gasteiger partial charge is 0.335 e. The van der Waals surface area contributed by atoms with Crippen molar-refractivity contribution in [3.63, 3.8) is 0 Å². The number of anilines is 2. The number of carboxylic acid groups (broad SMARTS) is 1. The molecular formula is C17H12N2O4S. The molecule has 0 saturated carbocycles. The summed E-state index contributed by atoms with van der Waals surface area (Å²) in [7, 11) is 0. The monoisotopic (exact) mass is 340 g/mol. The van der Waals surface area contributed by atoms with Gasteiger partial charge in [-0.05, 0) is 36.4 Å². The fourth-order valence-corrected chi connectivity index (χ4v) is 3.11. The summed E-state index contributed by atoms with van der Waals surface area (Å²) in [4.78, 5) is 15.6. The number of nitrogens with zero attached hydrogens (tertiary/aromatic N) is 1. The Kier molecular flexibility index (Phi) is 3.55. The average molecular weight is 340 g/mol. The van der Waals surface area contributed by atoms with Crippen LogP contribution in [-0.4, -0.2) is 22.9 Å². The van der Waals surface area contributed by atoms with Gasteiger partial charge in [0.1, 0.15) is 0 Å². The van der Waals surface area contributed by atoms with E-state index >= 15 is 0 Å². The van der Waals surface area contributed by atoms with Crippen molar-refractivity contribution in [3.8, 4) is 22.8 Å². The van der Waals surface area contributed by atoms with Crippen LogP contribution in [0.3, 0.4) is 0 Å². The van der Waals surface area contributed by atoms with E-state index in [0.717, 1.165) is 17.0 Å². The molecule has 7 heteroatoms. The Hall–Kier alpha value is -3.06. The average Bonchev–Trinajstić information content (AvgIpc) is 3.23. The van der Waals surface area contributed by atoms with E-state index in [2.05, 4.69) is 10.3 Å². The number of rotatable bonds is 4. The molecule has 0 radical (unpaired) electrons. The SMILES string of the molecule is O=C(O)c1cccc(Nc2nc(-c3ccc4c(c3)OCO4)cs2)c1. The molecule has 0 amide bonds. The molecule has 0 atom stereocenters. The van der Waals surface area contributed by atoms with Crippen molar-refractivity contribution < 1.29 is 19.4 Å². The van der Waals surface area contributed by atoms with Crippen LogP contribution in [0.25, 0.3) is 11.3 Å². The Balaban J connectivity index is 1.57. The van der Waals surface area contributed by atoms with Crippen molar-refractivity contribution in [2.45, 2.75) is 0 Å². The van der Waals surface area contributed by atoms with Gasteiger partial charge >= 0.3 is 5.97 Å². The van der Waals surface area contributed by atoms with Gasteiger partial charge in [0.25, 0.3) is 0 Å². The third-order valence-electron chi connectivity index (χ3n) is 3.53. The zero-order chi connectivity index (χ0) is 16.5. The number of aromatic carboxylic acids is 1. The fraction of sp³-hybridized carbons (Fsp3) is 0.0588. The zero-order valence-electron chi connectivity index (χ0n) is 12.4. The Morgan fingerprint density at radius 2 is 2.04 bits per heavy atom. The molecule has 2 N–H and O–H groups in total. The van der Waals surface area contributed by atoms with E-state index < -0.39 is 5.97 Å². The third-order valence-corrected chi connectivity index (χ3v) is 4.29. The number of hydrogen-bond acceptors (Lipinski definition) is 6. The number of fused-ring (bicyclic) bond motifs is 1. The normalized spacial score (nSPS) is 12.2. The van der Waals surface area contributed by atoms with Gasteiger partial charge in [-0.3, -0.25) is 0 Å². The largest absolute Gasteiger partial charge is 0.478 e. The van der Waals surface area contributed by atoms with E-state index in [4.69, 9.17) is 14.6 Å². The van der Waals surface area contributed by atoms with Crippen molar-refractivity contribution >= 4 is 28.1 Å². The molecule has 2 heterocycles. The molecular weight excluding hydrogens is 328 g/mol. The molecule has 2 aromatic carbocycles. The molecule has 0 aliphatic carbocycles. The maximum absolute atomic E-state index is 11.0. The molecule has 0 unspecified atom stereocenters. The van der Waals surface area contributed by atoms with Crippen LogP contribution in [0.5, 0.6) is 11.5 Å². The summed E-state index contributed by atoms with van der Waals surface area (Å²) in [5, 5.41) is 14.8. The molecule has 1 aliphatic heterocycles. The summed E-state index contributed by atoms with van der Waals surface area (Å²) >= 11 is 1.45. The van der Waals surface area contributed by atoms with Crippen molar-refractivity contribution in [1.29, 1.82) is 0 Å². The zero-order valence-corrected chi connectivity index (χ0v) is 13.2. The van der Waals surface area contributed by atoms with E-state index in [1.54, 1.807) is 24.3 Å². The first-order valence-electron chi connectivity index (χ1n) is 7.15. The summed E-state index contributed by atoms with van der Waals surface area (Å²) in [5.74, 6) is 0.487. The third kappa shape index (κ3) is 2.77. The number of benzene rings is 2. The standard InChI is InChI=1S/C17H12N2O4S/c20-16(21)11-2-1-3-12(6-11)18-17-19-13(8-24-17)10-4-5-14-15(7-10)23-9-22-14/h1-8H,9H2,(H,18,19)(H,20,21). The molecule has 3 aromatic rings. The molecule has 1 aromatic heterocycles. The highest BCUT2D eigenvalue weighted by Gasteiger charge is 2.15. The lowest BCUT2D eigenvalue weighted by Gasteiger charge is -2.03. The molecule has 120 valence electrons. The summed E-state index contributed by atoms with van der Waals surface area (Å²) in [6, 6.07) is 12.3. The molecule has 24 heavy (non-hydrogen) atoms. The second-order valence-corrected chi connectivity index (χ2v) is 5.97.